The Labute approximate surface area is 103 Å². The molecule has 0 saturated heterocycles. The van der Waals surface area contributed by atoms with Crippen LogP contribution in [0.5, 0.6) is 0 Å². The quantitative estimate of drug-likeness (QED) is 0.835. The molecule has 0 aliphatic rings. The molecule has 0 amide bonds. The summed E-state index contributed by atoms with van der Waals surface area (Å²) in [7, 11) is 0. The number of hydrogen-bond acceptors (Lipinski definition) is 4. The Morgan fingerprint density at radius 3 is 2.67 bits per heavy atom. The van der Waals surface area contributed by atoms with Crippen LogP contribution in [0.15, 0.2) is 12.1 Å². The van der Waals surface area contributed by atoms with Gasteiger partial charge < -0.3 is 10.5 Å². The smallest absolute Gasteiger partial charge is 0.339 e. The van der Waals surface area contributed by atoms with Crippen LogP contribution in [0.2, 0.25) is 0 Å². The summed E-state index contributed by atoms with van der Waals surface area (Å²) in [6.07, 6.45) is -2.87. The van der Waals surface area contributed by atoms with Crippen molar-refractivity contribution < 1.29 is 18.3 Å². The van der Waals surface area contributed by atoms with Gasteiger partial charge in [-0.25, -0.2) is 13.6 Å². The Morgan fingerprint density at radius 2 is 2.22 bits per heavy atom. The zero-order valence-electron chi connectivity index (χ0n) is 9.74. The van der Waals surface area contributed by atoms with Crippen LogP contribution in [0.25, 0.3) is 0 Å². The monoisotopic (exact) mass is 254 g/mol. The van der Waals surface area contributed by atoms with E-state index in [1.807, 2.05) is 0 Å². The van der Waals surface area contributed by atoms with Crippen LogP contribution in [0.3, 0.4) is 0 Å². The molecule has 4 nitrogen and oxygen atoms in total. The minimum absolute atomic E-state index is 0.104. The standard InChI is InChI=1S/C12H12F2N2O2/c1-2-18-12(17)8-4-3-7(5-15)10(11(13)14)9(8)6-16/h3-4,11H,2,5,15H2,1H3. The van der Waals surface area contributed by atoms with Crippen LogP contribution < -0.4 is 5.73 Å². The molecule has 0 heterocycles. The van der Waals surface area contributed by atoms with E-state index in [1.54, 1.807) is 13.0 Å². The van der Waals surface area contributed by atoms with Crippen molar-refractivity contribution in [3.05, 3.63) is 34.4 Å². The Kier molecular flexibility index (Phi) is 4.75. The average molecular weight is 254 g/mol. The van der Waals surface area contributed by atoms with Crippen LogP contribution in [0.4, 0.5) is 8.78 Å². The van der Waals surface area contributed by atoms with E-state index in [0.29, 0.717) is 0 Å². The molecule has 0 aliphatic carbocycles. The van der Waals surface area contributed by atoms with Gasteiger partial charge in [0.05, 0.1) is 17.7 Å². The maximum Gasteiger partial charge on any atom is 0.339 e. The van der Waals surface area contributed by atoms with Gasteiger partial charge in [-0.3, -0.25) is 0 Å². The number of hydrogen-bond donors (Lipinski definition) is 1. The minimum Gasteiger partial charge on any atom is -0.462 e. The van der Waals surface area contributed by atoms with E-state index in [9.17, 15) is 13.6 Å². The molecule has 0 bridgehead atoms. The molecule has 0 radical (unpaired) electrons. The second-order valence-corrected chi connectivity index (χ2v) is 3.40. The number of carbonyl (C=O) groups is 1. The predicted molar refractivity (Wildman–Crippen MR) is 60.0 cm³/mol. The fraction of sp³-hybridized carbons (Fsp3) is 0.333. The normalized spacial score (nSPS) is 10.2. The van der Waals surface area contributed by atoms with Crippen molar-refractivity contribution in [2.24, 2.45) is 5.73 Å². The van der Waals surface area contributed by atoms with E-state index in [2.05, 4.69) is 0 Å². The van der Waals surface area contributed by atoms with Crippen LogP contribution in [0, 0.1) is 11.3 Å². The van der Waals surface area contributed by atoms with Crippen LogP contribution in [-0.2, 0) is 11.3 Å². The van der Waals surface area contributed by atoms with Crippen LogP contribution >= 0.6 is 0 Å². The van der Waals surface area contributed by atoms with E-state index in [0.717, 1.165) is 0 Å². The van der Waals surface area contributed by atoms with Gasteiger partial charge in [0.25, 0.3) is 6.43 Å². The van der Waals surface area contributed by atoms with E-state index >= 15 is 0 Å². The Bertz CT molecular complexity index is 496. The molecule has 1 rings (SSSR count). The zero-order valence-corrected chi connectivity index (χ0v) is 9.74. The molecule has 0 aromatic heterocycles. The molecule has 1 aromatic rings. The molecular formula is C12H12F2N2O2. The van der Waals surface area contributed by atoms with Crippen LogP contribution in [-0.4, -0.2) is 12.6 Å². The summed E-state index contributed by atoms with van der Waals surface area (Å²) in [6, 6.07) is 4.22. The van der Waals surface area contributed by atoms with Gasteiger partial charge in [-0.2, -0.15) is 5.26 Å². The summed E-state index contributed by atoms with van der Waals surface area (Å²) in [5, 5.41) is 8.95. The zero-order chi connectivity index (χ0) is 13.7. The van der Waals surface area contributed by atoms with E-state index in [1.165, 1.54) is 12.1 Å². The van der Waals surface area contributed by atoms with Crippen molar-refractivity contribution in [1.82, 2.24) is 0 Å². The molecule has 0 aliphatic heterocycles. The van der Waals surface area contributed by atoms with Crippen molar-refractivity contribution in [2.75, 3.05) is 6.61 Å². The topological polar surface area (TPSA) is 76.1 Å². The molecule has 0 unspecified atom stereocenters. The lowest BCUT2D eigenvalue weighted by atomic mass is 9.96. The van der Waals surface area contributed by atoms with E-state index in [4.69, 9.17) is 15.7 Å². The highest BCUT2D eigenvalue weighted by atomic mass is 19.3. The first-order chi connectivity index (χ1) is 8.56. The summed E-state index contributed by atoms with van der Waals surface area (Å²) in [6.45, 7) is 1.57. The maximum atomic E-state index is 12.9. The molecule has 18 heavy (non-hydrogen) atoms. The molecule has 0 spiro atoms. The second-order valence-electron chi connectivity index (χ2n) is 3.40. The van der Waals surface area contributed by atoms with Crippen LogP contribution in [0.1, 0.15) is 40.4 Å². The first kappa shape index (κ1) is 14.1. The van der Waals surface area contributed by atoms with Gasteiger partial charge in [-0.05, 0) is 18.6 Å². The lowest BCUT2D eigenvalue weighted by Gasteiger charge is -2.12. The molecule has 1 aromatic carbocycles. The van der Waals surface area contributed by atoms with Gasteiger partial charge in [-0.15, -0.1) is 0 Å². The third-order valence-corrected chi connectivity index (χ3v) is 2.38. The predicted octanol–water partition coefficient (Wildman–Crippen LogP) is 2.13. The molecule has 2 N–H and O–H groups in total. The highest BCUT2D eigenvalue weighted by molar-refractivity contribution is 5.93. The van der Waals surface area contributed by atoms with Crippen molar-refractivity contribution in [2.45, 2.75) is 19.9 Å². The number of benzene rings is 1. The number of nitrogens with zero attached hydrogens (tertiary/aromatic N) is 1. The van der Waals surface area contributed by atoms with Crippen molar-refractivity contribution in [3.8, 4) is 6.07 Å². The third kappa shape index (κ3) is 2.63. The van der Waals surface area contributed by atoms with Crippen molar-refractivity contribution in [1.29, 1.82) is 5.26 Å². The molecule has 96 valence electrons. The van der Waals surface area contributed by atoms with Crippen molar-refractivity contribution >= 4 is 5.97 Å². The number of esters is 1. The maximum absolute atomic E-state index is 12.9. The van der Waals surface area contributed by atoms with Crippen molar-refractivity contribution in [3.63, 3.8) is 0 Å². The SMILES string of the molecule is CCOC(=O)c1ccc(CN)c(C(F)F)c1C#N. The lowest BCUT2D eigenvalue weighted by molar-refractivity contribution is 0.0525. The number of nitriles is 1. The third-order valence-electron chi connectivity index (χ3n) is 2.38. The second kappa shape index (κ2) is 6.07. The highest BCUT2D eigenvalue weighted by Gasteiger charge is 2.23. The van der Waals surface area contributed by atoms with Gasteiger partial charge >= 0.3 is 5.97 Å². The summed E-state index contributed by atoms with van der Waals surface area (Å²) in [4.78, 5) is 11.5. The largest absolute Gasteiger partial charge is 0.462 e. The number of carbonyl (C=O) groups excluding carboxylic acids is 1. The molecular weight excluding hydrogens is 242 g/mol. The lowest BCUT2D eigenvalue weighted by Crippen LogP contribution is -2.12. The van der Waals surface area contributed by atoms with Gasteiger partial charge in [0.1, 0.15) is 6.07 Å². The fourth-order valence-corrected chi connectivity index (χ4v) is 1.59. The average Bonchev–Trinajstić information content (AvgIpc) is 2.36. The van der Waals surface area contributed by atoms with Gasteiger partial charge in [-0.1, -0.05) is 6.07 Å². The molecule has 0 fully saturated rings. The van der Waals surface area contributed by atoms with Gasteiger partial charge in [0.2, 0.25) is 0 Å². The number of rotatable bonds is 4. The van der Waals surface area contributed by atoms with Gasteiger partial charge in [0.15, 0.2) is 0 Å². The van der Waals surface area contributed by atoms with E-state index in [-0.39, 0.29) is 29.8 Å². The Morgan fingerprint density at radius 1 is 1.56 bits per heavy atom. The Hall–Kier alpha value is -2.00. The number of nitrogens with two attached hydrogens (primary N) is 1. The summed E-state index contributed by atoms with van der Waals surface area (Å²) < 4.78 is 30.6. The first-order valence-corrected chi connectivity index (χ1v) is 5.28. The summed E-state index contributed by atoms with van der Waals surface area (Å²) >= 11 is 0. The van der Waals surface area contributed by atoms with E-state index < -0.39 is 18.0 Å². The number of halogens is 2. The number of alkyl halides is 2. The first-order valence-electron chi connectivity index (χ1n) is 5.28. The van der Waals surface area contributed by atoms with Gasteiger partial charge in [0, 0.05) is 12.1 Å². The fourth-order valence-electron chi connectivity index (χ4n) is 1.59. The Balaban J connectivity index is 3.44. The molecule has 6 heteroatoms. The minimum atomic E-state index is -2.87. The molecule has 0 atom stereocenters. The molecule has 0 saturated carbocycles. The summed E-state index contributed by atoms with van der Waals surface area (Å²) in [5.41, 5.74) is 4.46. The number of ether oxygens (including phenoxy) is 1. The summed E-state index contributed by atoms with van der Waals surface area (Å²) in [5.74, 6) is -0.792. The highest BCUT2D eigenvalue weighted by Crippen LogP contribution is 2.29.